The summed E-state index contributed by atoms with van der Waals surface area (Å²) in [4.78, 5) is 21.3. The quantitative estimate of drug-likeness (QED) is 0.686. The van der Waals surface area contributed by atoms with E-state index >= 15 is 0 Å². The topological polar surface area (TPSA) is 66.4 Å². The fourth-order valence-corrected chi connectivity index (χ4v) is 1.27. The number of carbonyl (C=O) groups is 2. The lowest BCUT2D eigenvalue weighted by Gasteiger charge is -2.07. The lowest BCUT2D eigenvalue weighted by Crippen LogP contribution is -2.07. The summed E-state index contributed by atoms with van der Waals surface area (Å²) in [6, 6.07) is 6.53. The molecule has 5 heteroatoms. The first-order valence-electron chi connectivity index (χ1n) is 4.29. The van der Waals surface area contributed by atoms with Gasteiger partial charge in [-0.3, -0.25) is 9.59 Å². The van der Waals surface area contributed by atoms with Gasteiger partial charge in [-0.15, -0.1) is 0 Å². The number of hydrogen-bond donors (Lipinski definition) is 3. The number of carbonyl (C=O) groups excluding carboxylic acids is 1. The van der Waals surface area contributed by atoms with Crippen molar-refractivity contribution in [3.05, 3.63) is 29.8 Å². The predicted molar refractivity (Wildman–Crippen MR) is 60.1 cm³/mol. The molecule has 0 aliphatic rings. The maximum Gasteiger partial charge on any atom is 0.320 e. The van der Waals surface area contributed by atoms with Crippen molar-refractivity contribution in [3.8, 4) is 0 Å². The highest BCUT2D eigenvalue weighted by Gasteiger charge is 2.13. The van der Waals surface area contributed by atoms with Gasteiger partial charge in [-0.25, -0.2) is 0 Å². The molecule has 1 amide bonds. The van der Waals surface area contributed by atoms with Crippen molar-refractivity contribution < 1.29 is 14.7 Å². The Labute approximate surface area is 92.7 Å². The van der Waals surface area contributed by atoms with E-state index in [0.29, 0.717) is 11.3 Å². The van der Waals surface area contributed by atoms with Gasteiger partial charge in [-0.1, -0.05) is 12.1 Å². The summed E-state index contributed by atoms with van der Waals surface area (Å²) in [6.45, 7) is 1.41. The Kier molecular flexibility index (Phi) is 3.74. The van der Waals surface area contributed by atoms with Crippen molar-refractivity contribution in [2.24, 2.45) is 0 Å². The lowest BCUT2D eigenvalue weighted by molar-refractivity contribution is -0.136. The van der Waals surface area contributed by atoms with Crippen molar-refractivity contribution in [2.45, 2.75) is 12.2 Å². The summed E-state index contributed by atoms with van der Waals surface area (Å²) < 4.78 is 0. The van der Waals surface area contributed by atoms with Crippen molar-refractivity contribution in [3.63, 3.8) is 0 Å². The Morgan fingerprint density at radius 1 is 1.33 bits per heavy atom. The summed E-state index contributed by atoms with van der Waals surface area (Å²) in [6.07, 6.45) is 0. The maximum atomic E-state index is 10.7. The second-order valence-corrected chi connectivity index (χ2v) is 3.56. The van der Waals surface area contributed by atoms with Crippen LogP contribution in [0.25, 0.3) is 0 Å². The van der Waals surface area contributed by atoms with Gasteiger partial charge in [0.25, 0.3) is 0 Å². The number of thiol groups is 1. The van der Waals surface area contributed by atoms with Crippen LogP contribution >= 0.6 is 12.6 Å². The van der Waals surface area contributed by atoms with Crippen LogP contribution in [0.3, 0.4) is 0 Å². The molecule has 15 heavy (non-hydrogen) atoms. The molecule has 0 radical (unpaired) electrons. The van der Waals surface area contributed by atoms with Gasteiger partial charge < -0.3 is 10.4 Å². The van der Waals surface area contributed by atoms with Gasteiger partial charge in [0.05, 0.1) is 0 Å². The Morgan fingerprint density at radius 2 is 1.87 bits per heavy atom. The molecule has 0 aliphatic heterocycles. The number of nitrogens with one attached hydrogen (secondary N) is 1. The Morgan fingerprint density at radius 3 is 2.27 bits per heavy atom. The molecular formula is C10H11NO3S. The summed E-state index contributed by atoms with van der Waals surface area (Å²) in [7, 11) is 0. The van der Waals surface area contributed by atoms with E-state index in [9.17, 15) is 9.59 Å². The molecule has 1 atom stereocenters. The molecule has 0 spiro atoms. The van der Waals surface area contributed by atoms with Crippen LogP contribution in [-0.4, -0.2) is 17.0 Å². The third-order valence-corrected chi connectivity index (χ3v) is 2.30. The Bertz CT molecular complexity index is 375. The van der Waals surface area contributed by atoms with Gasteiger partial charge in [0, 0.05) is 12.6 Å². The highest BCUT2D eigenvalue weighted by Crippen LogP contribution is 2.21. The van der Waals surface area contributed by atoms with Crippen molar-refractivity contribution in [1.82, 2.24) is 0 Å². The van der Waals surface area contributed by atoms with Gasteiger partial charge in [-0.2, -0.15) is 12.6 Å². The second kappa shape index (κ2) is 4.84. The number of benzene rings is 1. The largest absolute Gasteiger partial charge is 0.480 e. The average Bonchev–Trinajstić information content (AvgIpc) is 2.17. The zero-order chi connectivity index (χ0) is 11.4. The van der Waals surface area contributed by atoms with Crippen LogP contribution in [0.5, 0.6) is 0 Å². The molecule has 0 aliphatic carbocycles. The number of carboxylic acid groups (broad SMARTS) is 1. The molecule has 0 aromatic heterocycles. The van der Waals surface area contributed by atoms with E-state index in [1.807, 2.05) is 0 Å². The predicted octanol–water partition coefficient (Wildman–Crippen LogP) is 1.70. The van der Waals surface area contributed by atoms with Crippen LogP contribution in [0.15, 0.2) is 24.3 Å². The van der Waals surface area contributed by atoms with E-state index in [0.717, 1.165) is 0 Å². The molecule has 80 valence electrons. The highest BCUT2D eigenvalue weighted by molar-refractivity contribution is 7.81. The fourth-order valence-electron chi connectivity index (χ4n) is 1.09. The van der Waals surface area contributed by atoms with E-state index in [2.05, 4.69) is 17.9 Å². The molecule has 2 N–H and O–H groups in total. The first kappa shape index (κ1) is 11.6. The van der Waals surface area contributed by atoms with Gasteiger partial charge >= 0.3 is 5.97 Å². The highest BCUT2D eigenvalue weighted by atomic mass is 32.1. The van der Waals surface area contributed by atoms with Crippen LogP contribution in [0.2, 0.25) is 0 Å². The standard InChI is InChI=1S/C10H11NO3S/c1-6(12)11-8-4-2-7(3-5-8)9(15)10(13)14/h2-5,9,15H,1H3,(H,11,12)(H,13,14). The molecule has 0 saturated heterocycles. The van der Waals surface area contributed by atoms with E-state index in [1.165, 1.54) is 6.92 Å². The normalized spacial score (nSPS) is 11.9. The Balaban J connectivity index is 2.80. The van der Waals surface area contributed by atoms with Gasteiger partial charge in [0.2, 0.25) is 5.91 Å². The molecule has 0 heterocycles. The van der Waals surface area contributed by atoms with Crippen molar-refractivity contribution >= 4 is 30.2 Å². The van der Waals surface area contributed by atoms with Gasteiger partial charge in [-0.05, 0) is 17.7 Å². The summed E-state index contributed by atoms with van der Waals surface area (Å²) in [5, 5.41) is 10.5. The third kappa shape index (κ3) is 3.28. The third-order valence-electron chi connectivity index (χ3n) is 1.78. The number of hydrogen-bond acceptors (Lipinski definition) is 3. The number of anilines is 1. The maximum absolute atomic E-state index is 10.7. The molecular weight excluding hydrogens is 214 g/mol. The van der Waals surface area contributed by atoms with E-state index in [1.54, 1.807) is 24.3 Å². The first-order chi connectivity index (χ1) is 7.00. The summed E-state index contributed by atoms with van der Waals surface area (Å²) in [5.74, 6) is -1.16. The number of amides is 1. The fraction of sp³-hybridized carbons (Fsp3) is 0.200. The van der Waals surface area contributed by atoms with E-state index < -0.39 is 11.2 Å². The van der Waals surface area contributed by atoms with Crippen LogP contribution < -0.4 is 5.32 Å². The minimum Gasteiger partial charge on any atom is -0.480 e. The summed E-state index contributed by atoms with van der Waals surface area (Å²) in [5.41, 5.74) is 1.22. The first-order valence-corrected chi connectivity index (χ1v) is 4.81. The molecule has 1 aromatic carbocycles. The van der Waals surface area contributed by atoms with Gasteiger partial charge in [0.1, 0.15) is 5.25 Å². The van der Waals surface area contributed by atoms with Crippen LogP contribution in [-0.2, 0) is 9.59 Å². The molecule has 4 nitrogen and oxygen atoms in total. The smallest absolute Gasteiger partial charge is 0.320 e. The summed E-state index contributed by atoms with van der Waals surface area (Å²) >= 11 is 3.93. The molecule has 0 fully saturated rings. The number of carboxylic acids is 1. The SMILES string of the molecule is CC(=O)Nc1ccc(C(S)C(=O)O)cc1. The van der Waals surface area contributed by atoms with E-state index in [4.69, 9.17) is 5.11 Å². The molecule has 1 unspecified atom stereocenters. The number of rotatable bonds is 3. The second-order valence-electron chi connectivity index (χ2n) is 3.04. The lowest BCUT2D eigenvalue weighted by atomic mass is 10.1. The monoisotopic (exact) mass is 225 g/mol. The Hall–Kier alpha value is -1.49. The number of aliphatic carboxylic acids is 1. The van der Waals surface area contributed by atoms with Crippen LogP contribution in [0, 0.1) is 0 Å². The van der Waals surface area contributed by atoms with Crippen LogP contribution in [0.4, 0.5) is 5.69 Å². The van der Waals surface area contributed by atoms with Crippen molar-refractivity contribution in [1.29, 1.82) is 0 Å². The zero-order valence-electron chi connectivity index (χ0n) is 8.10. The molecule has 0 bridgehead atoms. The molecule has 0 saturated carbocycles. The van der Waals surface area contributed by atoms with Crippen molar-refractivity contribution in [2.75, 3.05) is 5.32 Å². The molecule has 1 aromatic rings. The minimum absolute atomic E-state index is 0.164. The zero-order valence-corrected chi connectivity index (χ0v) is 8.99. The molecule has 1 rings (SSSR count). The average molecular weight is 225 g/mol. The minimum atomic E-state index is -0.995. The van der Waals surface area contributed by atoms with E-state index in [-0.39, 0.29) is 5.91 Å². The van der Waals surface area contributed by atoms with Crippen LogP contribution in [0.1, 0.15) is 17.7 Å². The van der Waals surface area contributed by atoms with Gasteiger partial charge in [0.15, 0.2) is 0 Å².